The molecule has 0 fully saturated rings. The van der Waals surface area contributed by atoms with E-state index >= 15 is 0 Å². The van der Waals surface area contributed by atoms with E-state index < -0.39 is 9.84 Å². The second kappa shape index (κ2) is 7.33. The molecule has 0 radical (unpaired) electrons. The van der Waals surface area contributed by atoms with Gasteiger partial charge < -0.3 is 9.47 Å². The number of hydrogen-bond acceptors (Lipinski definition) is 5. The largest absolute Gasteiger partial charge is 0.493 e. The topological polar surface area (TPSA) is 69.7 Å². The molecule has 1 aliphatic rings. The minimum absolute atomic E-state index is 0.0872. The highest BCUT2D eigenvalue weighted by molar-refractivity contribution is 7.91. The predicted molar refractivity (Wildman–Crippen MR) is 99.6 cm³/mol. The number of fused-ring (bicyclic) bond motifs is 1. The van der Waals surface area contributed by atoms with Gasteiger partial charge in [-0.2, -0.15) is 0 Å². The number of ether oxygens (including phenoxy) is 2. The first-order valence-electron chi connectivity index (χ1n) is 8.34. The van der Waals surface area contributed by atoms with Gasteiger partial charge in [0, 0.05) is 11.1 Å². The van der Waals surface area contributed by atoms with Crippen molar-refractivity contribution < 1.29 is 22.7 Å². The van der Waals surface area contributed by atoms with Crippen molar-refractivity contribution >= 4 is 21.7 Å². The lowest BCUT2D eigenvalue weighted by molar-refractivity contribution is 0.103. The Bertz CT molecular complexity index is 973. The number of Topliss-reactive ketones (excluding diaryl/α,β-unsaturated/α-hetero) is 1. The SMILES string of the molecule is CCOc1cc(C=C2CCS(=O)(=O)c3ccccc3C2=O)ccc1OC. The van der Waals surface area contributed by atoms with E-state index in [-0.39, 0.29) is 28.4 Å². The van der Waals surface area contributed by atoms with Crippen LogP contribution in [-0.4, -0.2) is 33.7 Å². The molecule has 136 valence electrons. The van der Waals surface area contributed by atoms with Crippen molar-refractivity contribution in [3.05, 3.63) is 59.2 Å². The Morgan fingerprint density at radius 1 is 1.12 bits per heavy atom. The molecule has 6 heteroatoms. The number of sulfone groups is 1. The van der Waals surface area contributed by atoms with Crippen molar-refractivity contribution in [2.75, 3.05) is 19.5 Å². The third-order valence-electron chi connectivity index (χ3n) is 4.23. The fourth-order valence-corrected chi connectivity index (χ4v) is 4.45. The highest BCUT2D eigenvalue weighted by Gasteiger charge is 2.28. The molecule has 0 N–H and O–H groups in total. The number of rotatable bonds is 4. The van der Waals surface area contributed by atoms with Crippen LogP contribution < -0.4 is 9.47 Å². The van der Waals surface area contributed by atoms with Crippen LogP contribution in [0.5, 0.6) is 11.5 Å². The van der Waals surface area contributed by atoms with E-state index in [1.165, 1.54) is 6.07 Å². The summed E-state index contributed by atoms with van der Waals surface area (Å²) in [5.41, 5.74) is 1.45. The molecule has 26 heavy (non-hydrogen) atoms. The van der Waals surface area contributed by atoms with Crippen LogP contribution >= 0.6 is 0 Å². The van der Waals surface area contributed by atoms with Gasteiger partial charge in [0.05, 0.1) is 24.4 Å². The van der Waals surface area contributed by atoms with Crippen molar-refractivity contribution in [1.29, 1.82) is 0 Å². The Balaban J connectivity index is 2.05. The second-order valence-electron chi connectivity index (χ2n) is 5.91. The summed E-state index contributed by atoms with van der Waals surface area (Å²) >= 11 is 0. The standard InChI is InChI=1S/C20H20O5S/c1-3-25-18-13-14(8-9-17(18)24-2)12-15-10-11-26(22,23)19-7-5-4-6-16(19)20(15)21/h4-9,12-13H,3,10-11H2,1-2H3. The molecule has 0 aromatic heterocycles. The predicted octanol–water partition coefficient (Wildman–Crippen LogP) is 3.54. The number of carbonyl (C=O) groups excluding carboxylic acids is 1. The van der Waals surface area contributed by atoms with Crippen molar-refractivity contribution in [2.45, 2.75) is 18.2 Å². The van der Waals surface area contributed by atoms with Crippen LogP contribution in [-0.2, 0) is 9.84 Å². The van der Waals surface area contributed by atoms with Crippen LogP contribution in [0.1, 0.15) is 29.3 Å². The summed E-state index contributed by atoms with van der Waals surface area (Å²) < 4.78 is 35.7. The maximum Gasteiger partial charge on any atom is 0.190 e. The molecule has 0 aliphatic carbocycles. The molecule has 0 atom stereocenters. The highest BCUT2D eigenvalue weighted by Crippen LogP contribution is 2.31. The molecule has 0 unspecified atom stereocenters. The molecule has 3 rings (SSSR count). The van der Waals surface area contributed by atoms with E-state index in [2.05, 4.69) is 0 Å². The number of benzene rings is 2. The molecule has 0 saturated heterocycles. The number of allylic oxidation sites excluding steroid dienone is 1. The van der Waals surface area contributed by atoms with Crippen LogP contribution in [0, 0.1) is 0 Å². The maximum absolute atomic E-state index is 12.9. The van der Waals surface area contributed by atoms with E-state index in [0.29, 0.717) is 23.7 Å². The first kappa shape index (κ1) is 18.2. The minimum Gasteiger partial charge on any atom is -0.493 e. The Labute approximate surface area is 153 Å². The van der Waals surface area contributed by atoms with Gasteiger partial charge in [-0.1, -0.05) is 18.2 Å². The van der Waals surface area contributed by atoms with Gasteiger partial charge in [-0.05, 0) is 49.2 Å². The summed E-state index contributed by atoms with van der Waals surface area (Å²) in [6.45, 7) is 2.36. The summed E-state index contributed by atoms with van der Waals surface area (Å²) in [5, 5.41) is 0. The molecule has 1 aliphatic heterocycles. The summed E-state index contributed by atoms with van der Waals surface area (Å²) in [6, 6.07) is 11.7. The normalized spacial score (nSPS) is 17.5. The third kappa shape index (κ3) is 3.51. The molecule has 1 heterocycles. The Morgan fingerprint density at radius 2 is 1.88 bits per heavy atom. The van der Waals surface area contributed by atoms with E-state index in [1.54, 1.807) is 43.5 Å². The second-order valence-corrected chi connectivity index (χ2v) is 7.98. The Hall–Kier alpha value is -2.60. The quantitative estimate of drug-likeness (QED) is 0.768. The lowest BCUT2D eigenvalue weighted by Gasteiger charge is -2.10. The highest BCUT2D eigenvalue weighted by atomic mass is 32.2. The number of methoxy groups -OCH3 is 1. The van der Waals surface area contributed by atoms with E-state index in [9.17, 15) is 13.2 Å². The van der Waals surface area contributed by atoms with Crippen molar-refractivity contribution in [1.82, 2.24) is 0 Å². The fraction of sp³-hybridized carbons (Fsp3) is 0.250. The van der Waals surface area contributed by atoms with Crippen molar-refractivity contribution in [3.63, 3.8) is 0 Å². The molecule has 0 amide bonds. The summed E-state index contributed by atoms with van der Waals surface area (Å²) in [7, 11) is -1.91. The van der Waals surface area contributed by atoms with E-state index in [1.807, 2.05) is 13.0 Å². The summed E-state index contributed by atoms with van der Waals surface area (Å²) in [6.07, 6.45) is 1.90. The number of carbonyl (C=O) groups is 1. The number of hydrogen-bond donors (Lipinski definition) is 0. The van der Waals surface area contributed by atoms with Gasteiger partial charge >= 0.3 is 0 Å². The van der Waals surface area contributed by atoms with Gasteiger partial charge in [-0.3, -0.25) is 4.79 Å². The fourth-order valence-electron chi connectivity index (χ4n) is 2.96. The Kier molecular flexibility index (Phi) is 5.13. The maximum atomic E-state index is 12.9. The minimum atomic E-state index is -3.47. The van der Waals surface area contributed by atoms with Gasteiger partial charge in [-0.25, -0.2) is 8.42 Å². The number of ketones is 1. The van der Waals surface area contributed by atoms with E-state index in [4.69, 9.17) is 9.47 Å². The smallest absolute Gasteiger partial charge is 0.190 e. The van der Waals surface area contributed by atoms with Crippen molar-refractivity contribution in [3.8, 4) is 11.5 Å². The molecule has 0 bridgehead atoms. The van der Waals surface area contributed by atoms with Crippen LogP contribution in [0.3, 0.4) is 0 Å². The average molecular weight is 372 g/mol. The zero-order chi connectivity index (χ0) is 18.7. The van der Waals surface area contributed by atoms with Crippen molar-refractivity contribution in [2.24, 2.45) is 0 Å². The van der Waals surface area contributed by atoms with Crippen LogP contribution in [0.15, 0.2) is 52.9 Å². The molecular weight excluding hydrogens is 352 g/mol. The van der Waals surface area contributed by atoms with Gasteiger partial charge in [0.1, 0.15) is 0 Å². The first-order chi connectivity index (χ1) is 12.5. The molecule has 0 saturated carbocycles. The van der Waals surface area contributed by atoms with Gasteiger partial charge in [-0.15, -0.1) is 0 Å². The van der Waals surface area contributed by atoms with Crippen LogP contribution in [0.25, 0.3) is 6.08 Å². The molecule has 0 spiro atoms. The Morgan fingerprint density at radius 3 is 2.62 bits per heavy atom. The van der Waals surface area contributed by atoms with Crippen LogP contribution in [0.2, 0.25) is 0 Å². The third-order valence-corrected chi connectivity index (χ3v) is 5.99. The average Bonchev–Trinajstić information content (AvgIpc) is 2.73. The zero-order valence-electron chi connectivity index (χ0n) is 14.7. The molecule has 2 aromatic rings. The summed E-state index contributed by atoms with van der Waals surface area (Å²) in [5.74, 6) is 0.846. The summed E-state index contributed by atoms with van der Waals surface area (Å²) in [4.78, 5) is 13.0. The lowest BCUT2D eigenvalue weighted by Crippen LogP contribution is -2.06. The van der Waals surface area contributed by atoms with E-state index in [0.717, 1.165) is 5.56 Å². The molecular formula is C20H20O5S. The van der Waals surface area contributed by atoms with Gasteiger partial charge in [0.25, 0.3) is 0 Å². The van der Waals surface area contributed by atoms with Gasteiger partial charge in [0.15, 0.2) is 27.1 Å². The van der Waals surface area contributed by atoms with Crippen LogP contribution in [0.4, 0.5) is 0 Å². The van der Waals surface area contributed by atoms with Gasteiger partial charge in [0.2, 0.25) is 0 Å². The molecule has 5 nitrogen and oxygen atoms in total. The lowest BCUT2D eigenvalue weighted by atomic mass is 9.99. The zero-order valence-corrected chi connectivity index (χ0v) is 15.5. The monoisotopic (exact) mass is 372 g/mol. The first-order valence-corrected chi connectivity index (χ1v) is 9.99. The molecule has 2 aromatic carbocycles.